The number of halogens is 1. The molecule has 0 aliphatic carbocycles. The van der Waals surface area contributed by atoms with Crippen molar-refractivity contribution in [3.05, 3.63) is 34.9 Å². The van der Waals surface area contributed by atoms with Crippen LogP contribution in [0.3, 0.4) is 0 Å². The van der Waals surface area contributed by atoms with Crippen molar-refractivity contribution in [1.29, 1.82) is 0 Å². The summed E-state index contributed by atoms with van der Waals surface area (Å²) in [6.45, 7) is 3.32. The number of anilines is 1. The van der Waals surface area contributed by atoms with E-state index in [4.69, 9.17) is 11.6 Å². The van der Waals surface area contributed by atoms with Crippen molar-refractivity contribution in [2.45, 2.75) is 31.1 Å². The number of rotatable bonds is 5. The molecule has 0 aromatic heterocycles. The van der Waals surface area contributed by atoms with E-state index < -0.39 is 0 Å². The minimum atomic E-state index is 0.463. The molecule has 0 spiro atoms. The Morgan fingerprint density at radius 2 is 2.30 bits per heavy atom. The first-order chi connectivity index (χ1) is 9.63. The van der Waals surface area contributed by atoms with Gasteiger partial charge in [-0.15, -0.1) is 0 Å². The van der Waals surface area contributed by atoms with Gasteiger partial charge in [0.2, 0.25) is 0 Å². The molecule has 110 valence electrons. The van der Waals surface area contributed by atoms with E-state index in [1.54, 1.807) is 0 Å². The van der Waals surface area contributed by atoms with Crippen molar-refractivity contribution >= 4 is 34.6 Å². The van der Waals surface area contributed by atoms with E-state index in [0.717, 1.165) is 23.7 Å². The Morgan fingerprint density at radius 1 is 1.50 bits per heavy atom. The zero-order chi connectivity index (χ0) is 14.5. The van der Waals surface area contributed by atoms with E-state index >= 15 is 0 Å². The molecule has 0 saturated carbocycles. The van der Waals surface area contributed by atoms with E-state index in [1.807, 2.05) is 24.9 Å². The second kappa shape index (κ2) is 7.39. The first-order valence-electron chi connectivity index (χ1n) is 7.08. The maximum atomic E-state index is 6.16. The molecule has 1 aliphatic heterocycles. The molecule has 2 rings (SSSR count). The molecule has 0 saturated heterocycles. The molecule has 1 aliphatic rings. The van der Waals surface area contributed by atoms with Crippen LogP contribution in [0.4, 0.5) is 5.69 Å². The summed E-state index contributed by atoms with van der Waals surface area (Å²) in [7, 11) is 1.96. The number of benzene rings is 1. The quantitative estimate of drug-likeness (QED) is 0.849. The molecule has 4 heteroatoms. The zero-order valence-corrected chi connectivity index (χ0v) is 13.9. The minimum Gasteiger partial charge on any atom is -0.388 e. The molecule has 2 atom stereocenters. The molecular formula is C16H23ClN2S. The Kier molecular flexibility index (Phi) is 5.82. The molecule has 0 bridgehead atoms. The summed E-state index contributed by atoms with van der Waals surface area (Å²) in [6.07, 6.45) is 6.77. The zero-order valence-electron chi connectivity index (χ0n) is 12.4. The molecular weight excluding hydrogens is 288 g/mol. The number of hydrogen-bond donors (Lipinski definition) is 2. The van der Waals surface area contributed by atoms with Crippen LogP contribution in [-0.2, 0) is 0 Å². The van der Waals surface area contributed by atoms with E-state index in [1.165, 1.54) is 17.6 Å². The van der Waals surface area contributed by atoms with E-state index in [2.05, 4.69) is 42.0 Å². The van der Waals surface area contributed by atoms with Gasteiger partial charge in [0, 0.05) is 34.6 Å². The van der Waals surface area contributed by atoms with Crippen LogP contribution in [0.25, 0.3) is 5.57 Å². The van der Waals surface area contributed by atoms with Crippen molar-refractivity contribution in [1.82, 2.24) is 5.32 Å². The highest BCUT2D eigenvalue weighted by atomic mass is 35.5. The van der Waals surface area contributed by atoms with Gasteiger partial charge in [0.1, 0.15) is 0 Å². The molecule has 0 radical (unpaired) electrons. The van der Waals surface area contributed by atoms with Crippen LogP contribution in [0.5, 0.6) is 0 Å². The molecule has 1 aromatic carbocycles. The summed E-state index contributed by atoms with van der Waals surface area (Å²) in [6, 6.07) is 6.52. The average Bonchev–Trinajstić information content (AvgIpc) is 2.47. The van der Waals surface area contributed by atoms with Crippen molar-refractivity contribution in [3.8, 4) is 0 Å². The van der Waals surface area contributed by atoms with Crippen LogP contribution >= 0.6 is 23.4 Å². The second-order valence-electron chi connectivity index (χ2n) is 5.22. The lowest BCUT2D eigenvalue weighted by molar-refractivity contribution is 0.547. The maximum Gasteiger partial charge on any atom is 0.0414 e. The number of nitrogens with one attached hydrogen (secondary N) is 2. The lowest BCUT2D eigenvalue weighted by Crippen LogP contribution is -2.34. The third kappa shape index (κ3) is 3.94. The summed E-state index contributed by atoms with van der Waals surface area (Å²) >= 11 is 8.09. The van der Waals surface area contributed by atoms with Gasteiger partial charge in [-0.25, -0.2) is 0 Å². The van der Waals surface area contributed by atoms with Crippen LogP contribution in [-0.4, -0.2) is 31.1 Å². The van der Waals surface area contributed by atoms with Crippen LogP contribution in [0.2, 0.25) is 5.02 Å². The van der Waals surface area contributed by atoms with Gasteiger partial charge >= 0.3 is 0 Å². The summed E-state index contributed by atoms with van der Waals surface area (Å²) in [4.78, 5) is 0. The van der Waals surface area contributed by atoms with Gasteiger partial charge in [-0.05, 0) is 49.4 Å². The van der Waals surface area contributed by atoms with Crippen LogP contribution in [0.15, 0.2) is 24.3 Å². The van der Waals surface area contributed by atoms with Crippen molar-refractivity contribution in [2.75, 3.05) is 25.2 Å². The fourth-order valence-electron chi connectivity index (χ4n) is 2.61. The molecule has 1 heterocycles. The van der Waals surface area contributed by atoms with Gasteiger partial charge in [-0.2, -0.15) is 11.8 Å². The van der Waals surface area contributed by atoms with E-state index in [9.17, 15) is 0 Å². The van der Waals surface area contributed by atoms with Crippen molar-refractivity contribution in [2.24, 2.45) is 0 Å². The van der Waals surface area contributed by atoms with Gasteiger partial charge in [-0.1, -0.05) is 24.6 Å². The third-order valence-electron chi connectivity index (χ3n) is 3.79. The Morgan fingerprint density at radius 3 is 3.00 bits per heavy atom. The monoisotopic (exact) mass is 310 g/mol. The Bertz CT molecular complexity index is 487. The van der Waals surface area contributed by atoms with Crippen molar-refractivity contribution in [3.63, 3.8) is 0 Å². The fraction of sp³-hybridized carbons (Fsp3) is 0.500. The third-order valence-corrected chi connectivity index (χ3v) is 5.02. The van der Waals surface area contributed by atoms with Crippen LogP contribution in [0.1, 0.15) is 25.3 Å². The Labute approximate surface area is 131 Å². The first-order valence-corrected chi connectivity index (χ1v) is 8.75. The topological polar surface area (TPSA) is 24.1 Å². The largest absolute Gasteiger partial charge is 0.388 e. The number of hydrogen-bond acceptors (Lipinski definition) is 3. The van der Waals surface area contributed by atoms with Crippen LogP contribution in [0, 0.1) is 0 Å². The SMILES string of the molecule is CNc1ccc(Cl)cc1C1=CC(CC(C)SC)NCC1. The first kappa shape index (κ1) is 15.7. The second-order valence-corrected chi connectivity index (χ2v) is 6.94. The predicted molar refractivity (Wildman–Crippen MR) is 93.0 cm³/mol. The van der Waals surface area contributed by atoms with Gasteiger partial charge in [-0.3, -0.25) is 0 Å². The highest BCUT2D eigenvalue weighted by molar-refractivity contribution is 7.99. The van der Waals surface area contributed by atoms with Gasteiger partial charge in [0.05, 0.1) is 0 Å². The number of thioether (sulfide) groups is 1. The van der Waals surface area contributed by atoms with Crippen LogP contribution < -0.4 is 10.6 Å². The lowest BCUT2D eigenvalue weighted by atomic mass is 9.94. The molecule has 1 aromatic rings. The van der Waals surface area contributed by atoms with Crippen molar-refractivity contribution < 1.29 is 0 Å². The average molecular weight is 311 g/mol. The standard InChI is InChI=1S/C16H23ClN2S/c1-11(20-3)8-14-9-12(6-7-19-14)15-10-13(17)4-5-16(15)18-2/h4-5,9-11,14,18-19H,6-8H2,1-3H3. The molecule has 2 unspecified atom stereocenters. The van der Waals surface area contributed by atoms with Gasteiger partial charge in [0.25, 0.3) is 0 Å². The van der Waals surface area contributed by atoms with Gasteiger partial charge in [0.15, 0.2) is 0 Å². The van der Waals surface area contributed by atoms with E-state index in [0.29, 0.717) is 11.3 Å². The predicted octanol–water partition coefficient (Wildman–Crippen LogP) is 4.27. The molecule has 0 amide bonds. The van der Waals surface area contributed by atoms with E-state index in [-0.39, 0.29) is 0 Å². The molecule has 20 heavy (non-hydrogen) atoms. The molecule has 2 nitrogen and oxygen atoms in total. The smallest absolute Gasteiger partial charge is 0.0414 e. The maximum absolute atomic E-state index is 6.16. The molecule has 0 fully saturated rings. The van der Waals surface area contributed by atoms with Gasteiger partial charge < -0.3 is 10.6 Å². The summed E-state index contributed by atoms with van der Waals surface area (Å²) in [5.74, 6) is 0. The minimum absolute atomic E-state index is 0.463. The fourth-order valence-corrected chi connectivity index (χ4v) is 3.18. The highest BCUT2D eigenvalue weighted by Crippen LogP contribution is 2.31. The Balaban J connectivity index is 2.24. The lowest BCUT2D eigenvalue weighted by Gasteiger charge is -2.26. The normalized spacial score (nSPS) is 20.4. The summed E-state index contributed by atoms with van der Waals surface area (Å²) < 4.78 is 0. The highest BCUT2D eigenvalue weighted by Gasteiger charge is 2.18. The Hall–Kier alpha value is -0.640. The molecule has 2 N–H and O–H groups in total. The summed E-state index contributed by atoms with van der Waals surface area (Å²) in [5.41, 5.74) is 3.79. The summed E-state index contributed by atoms with van der Waals surface area (Å²) in [5, 5.41) is 8.33.